The van der Waals surface area contributed by atoms with E-state index in [1.54, 1.807) is 37.3 Å². The van der Waals surface area contributed by atoms with E-state index in [9.17, 15) is 14.4 Å². The molecule has 36 heavy (non-hydrogen) atoms. The SMILES string of the molecule is CCCOC(=O)c1ccc(Oc2c(C)oc3cc(OC(=O)C=Cc4ccccc4)ccc3c2=O)cc1. The summed E-state index contributed by atoms with van der Waals surface area (Å²) >= 11 is 0. The van der Waals surface area contributed by atoms with Crippen molar-refractivity contribution < 1.29 is 28.2 Å². The van der Waals surface area contributed by atoms with Gasteiger partial charge in [-0.2, -0.15) is 0 Å². The lowest BCUT2D eigenvalue weighted by molar-refractivity contribution is -0.128. The summed E-state index contributed by atoms with van der Waals surface area (Å²) in [4.78, 5) is 37.2. The van der Waals surface area contributed by atoms with Gasteiger partial charge in [-0.1, -0.05) is 37.3 Å². The second kappa shape index (κ2) is 11.2. The van der Waals surface area contributed by atoms with Crippen LogP contribution < -0.4 is 14.9 Å². The first-order chi connectivity index (χ1) is 17.4. The molecular weight excluding hydrogens is 460 g/mol. The number of aryl methyl sites for hydroxylation is 1. The Labute approximate surface area is 207 Å². The maximum Gasteiger partial charge on any atom is 0.338 e. The monoisotopic (exact) mass is 484 g/mol. The normalized spacial score (nSPS) is 10.9. The van der Waals surface area contributed by atoms with Crippen molar-refractivity contribution in [2.24, 2.45) is 0 Å². The summed E-state index contributed by atoms with van der Waals surface area (Å²) in [6.45, 7) is 3.87. The quantitative estimate of drug-likeness (QED) is 0.170. The molecule has 1 heterocycles. The molecule has 4 rings (SSSR count). The molecule has 0 N–H and O–H groups in total. The van der Waals surface area contributed by atoms with E-state index in [0.29, 0.717) is 17.9 Å². The number of rotatable bonds is 8. The molecule has 0 spiro atoms. The highest BCUT2D eigenvalue weighted by atomic mass is 16.5. The first-order valence-corrected chi connectivity index (χ1v) is 11.4. The first-order valence-electron chi connectivity index (χ1n) is 11.4. The van der Waals surface area contributed by atoms with Crippen LogP contribution in [0.5, 0.6) is 17.2 Å². The standard InChI is InChI=1S/C29H24O7/c1-3-17-33-29(32)21-10-12-22(13-11-21)36-28-19(2)34-25-18-23(14-15-24(25)27(28)31)35-26(30)16-9-20-7-5-4-6-8-20/h4-16,18H,3,17H2,1-2H3. The molecule has 7 nitrogen and oxygen atoms in total. The fourth-order valence-corrected chi connectivity index (χ4v) is 3.38. The van der Waals surface area contributed by atoms with Gasteiger partial charge in [0.1, 0.15) is 22.8 Å². The number of benzene rings is 3. The highest BCUT2D eigenvalue weighted by molar-refractivity contribution is 5.90. The summed E-state index contributed by atoms with van der Waals surface area (Å²) in [5.41, 5.74) is 1.14. The van der Waals surface area contributed by atoms with Crippen molar-refractivity contribution in [3.63, 3.8) is 0 Å². The summed E-state index contributed by atoms with van der Waals surface area (Å²) in [5, 5.41) is 0.273. The van der Waals surface area contributed by atoms with Gasteiger partial charge in [-0.3, -0.25) is 4.79 Å². The van der Waals surface area contributed by atoms with Crippen molar-refractivity contribution >= 4 is 29.0 Å². The lowest BCUT2D eigenvalue weighted by Crippen LogP contribution is -2.09. The van der Waals surface area contributed by atoms with Crippen molar-refractivity contribution in [2.45, 2.75) is 20.3 Å². The van der Waals surface area contributed by atoms with Crippen LogP contribution in [0.4, 0.5) is 0 Å². The minimum absolute atomic E-state index is 0.0272. The lowest BCUT2D eigenvalue weighted by Gasteiger charge is -2.10. The molecule has 7 heteroatoms. The summed E-state index contributed by atoms with van der Waals surface area (Å²) < 4.78 is 22.0. The minimum Gasteiger partial charge on any atom is -0.462 e. The average molecular weight is 485 g/mol. The topological polar surface area (TPSA) is 92.0 Å². The van der Waals surface area contributed by atoms with Crippen molar-refractivity contribution in [3.8, 4) is 17.2 Å². The third kappa shape index (κ3) is 5.88. The van der Waals surface area contributed by atoms with Gasteiger partial charge in [0.2, 0.25) is 11.2 Å². The number of hydrogen-bond acceptors (Lipinski definition) is 7. The van der Waals surface area contributed by atoms with Crippen molar-refractivity contribution in [1.82, 2.24) is 0 Å². The molecule has 3 aromatic carbocycles. The molecule has 182 valence electrons. The third-order valence-corrected chi connectivity index (χ3v) is 5.16. The molecule has 0 radical (unpaired) electrons. The van der Waals surface area contributed by atoms with Gasteiger partial charge in [-0.05, 0) is 61.4 Å². The van der Waals surface area contributed by atoms with Crippen LogP contribution >= 0.6 is 0 Å². The Hall–Kier alpha value is -4.65. The third-order valence-electron chi connectivity index (χ3n) is 5.16. The zero-order valence-electron chi connectivity index (χ0n) is 19.9. The Morgan fingerprint density at radius 3 is 2.39 bits per heavy atom. The molecule has 0 atom stereocenters. The van der Waals surface area contributed by atoms with Crippen LogP contribution in [0.2, 0.25) is 0 Å². The van der Waals surface area contributed by atoms with E-state index < -0.39 is 11.9 Å². The predicted molar refractivity (Wildman–Crippen MR) is 135 cm³/mol. The molecule has 0 aliphatic carbocycles. The van der Waals surface area contributed by atoms with Gasteiger partial charge in [0.15, 0.2) is 0 Å². The summed E-state index contributed by atoms with van der Waals surface area (Å²) in [6.07, 6.45) is 3.71. The van der Waals surface area contributed by atoms with Crippen LogP contribution in [0.25, 0.3) is 17.0 Å². The Bertz CT molecular complexity index is 1470. The summed E-state index contributed by atoms with van der Waals surface area (Å²) in [5.74, 6) is -0.0821. The fourth-order valence-electron chi connectivity index (χ4n) is 3.38. The van der Waals surface area contributed by atoms with Crippen molar-refractivity contribution in [1.29, 1.82) is 0 Å². The summed E-state index contributed by atoms with van der Waals surface area (Å²) in [6, 6.07) is 20.2. The molecule has 0 saturated heterocycles. The molecular formula is C29H24O7. The molecule has 0 fully saturated rings. The Kier molecular flexibility index (Phi) is 7.60. The number of esters is 2. The smallest absolute Gasteiger partial charge is 0.338 e. The van der Waals surface area contributed by atoms with E-state index in [1.807, 2.05) is 37.3 Å². The van der Waals surface area contributed by atoms with Gasteiger partial charge in [-0.15, -0.1) is 0 Å². The van der Waals surface area contributed by atoms with Crippen LogP contribution in [0.15, 0.2) is 88.1 Å². The zero-order valence-corrected chi connectivity index (χ0v) is 19.9. The highest BCUT2D eigenvalue weighted by Gasteiger charge is 2.16. The van der Waals surface area contributed by atoms with E-state index in [1.165, 1.54) is 24.3 Å². The van der Waals surface area contributed by atoms with Gasteiger partial charge in [0, 0.05) is 12.1 Å². The summed E-state index contributed by atoms with van der Waals surface area (Å²) in [7, 11) is 0. The molecule has 0 aliphatic heterocycles. The van der Waals surface area contributed by atoms with Gasteiger partial charge in [0.05, 0.1) is 17.6 Å². The predicted octanol–water partition coefficient (Wildman–Crippen LogP) is 6.08. The average Bonchev–Trinajstić information content (AvgIpc) is 2.89. The fraction of sp³-hybridized carbons (Fsp3) is 0.138. The Balaban J connectivity index is 1.50. The van der Waals surface area contributed by atoms with Gasteiger partial charge < -0.3 is 18.6 Å². The number of carbonyl (C=O) groups is 2. The Morgan fingerprint density at radius 2 is 1.67 bits per heavy atom. The van der Waals surface area contributed by atoms with E-state index in [0.717, 1.165) is 12.0 Å². The van der Waals surface area contributed by atoms with Crippen LogP contribution in [0.3, 0.4) is 0 Å². The maximum atomic E-state index is 13.1. The van der Waals surface area contributed by atoms with E-state index in [2.05, 4.69) is 0 Å². The van der Waals surface area contributed by atoms with E-state index in [4.69, 9.17) is 18.6 Å². The number of fused-ring (bicyclic) bond motifs is 1. The molecule has 0 bridgehead atoms. The Morgan fingerprint density at radius 1 is 0.944 bits per heavy atom. The van der Waals surface area contributed by atoms with E-state index >= 15 is 0 Å². The van der Waals surface area contributed by atoms with Crippen molar-refractivity contribution in [3.05, 3.63) is 106 Å². The second-order valence-corrected chi connectivity index (χ2v) is 7.90. The van der Waals surface area contributed by atoms with Gasteiger partial charge in [0.25, 0.3) is 0 Å². The molecule has 0 aliphatic rings. The van der Waals surface area contributed by atoms with Crippen LogP contribution in [-0.4, -0.2) is 18.5 Å². The molecule has 0 unspecified atom stereocenters. The van der Waals surface area contributed by atoms with E-state index in [-0.39, 0.29) is 33.7 Å². The van der Waals surface area contributed by atoms with Crippen LogP contribution in [0.1, 0.15) is 35.0 Å². The number of carbonyl (C=O) groups excluding carboxylic acids is 2. The van der Waals surface area contributed by atoms with Crippen molar-refractivity contribution in [2.75, 3.05) is 6.61 Å². The molecule has 0 amide bonds. The molecule has 1 aromatic heterocycles. The minimum atomic E-state index is -0.556. The van der Waals surface area contributed by atoms with Crippen LogP contribution in [0, 0.1) is 6.92 Å². The van der Waals surface area contributed by atoms with Gasteiger partial charge >= 0.3 is 11.9 Å². The maximum absolute atomic E-state index is 13.1. The second-order valence-electron chi connectivity index (χ2n) is 7.90. The van der Waals surface area contributed by atoms with Gasteiger partial charge in [-0.25, -0.2) is 9.59 Å². The highest BCUT2D eigenvalue weighted by Crippen LogP contribution is 2.27. The first kappa shape index (κ1) is 24.5. The lowest BCUT2D eigenvalue weighted by atomic mass is 10.2. The molecule has 0 saturated carbocycles. The molecule has 4 aromatic rings. The number of hydrogen-bond donors (Lipinski definition) is 0. The van der Waals surface area contributed by atoms with Crippen LogP contribution in [-0.2, 0) is 9.53 Å². The number of ether oxygens (including phenoxy) is 3. The largest absolute Gasteiger partial charge is 0.462 e. The zero-order chi connectivity index (χ0) is 25.5.